The lowest BCUT2D eigenvalue weighted by Crippen LogP contribution is -2.35. The summed E-state index contributed by atoms with van der Waals surface area (Å²) in [7, 11) is 3.78. The lowest BCUT2D eigenvalue weighted by Gasteiger charge is -2.26. The van der Waals surface area contributed by atoms with E-state index in [4.69, 9.17) is 16.3 Å². The number of likely N-dealkylation sites (tertiary alicyclic amines) is 1. The molecule has 1 N–H and O–H groups in total. The number of aliphatic hydroxyl groups is 1. The molecule has 1 amide bonds. The molecule has 0 saturated carbocycles. The van der Waals surface area contributed by atoms with E-state index in [1.807, 2.05) is 25.9 Å². The summed E-state index contributed by atoms with van der Waals surface area (Å²) in [6.07, 6.45) is 3.18. The Labute approximate surface area is 180 Å². The van der Waals surface area contributed by atoms with Gasteiger partial charge in [0, 0.05) is 31.0 Å². The maximum Gasteiger partial charge on any atom is 0.295 e. The first-order valence-electron chi connectivity index (χ1n) is 9.61. The van der Waals surface area contributed by atoms with Gasteiger partial charge in [-0.15, -0.1) is 0 Å². The highest BCUT2D eigenvalue weighted by atomic mass is 35.5. The number of rotatable bonds is 7. The van der Waals surface area contributed by atoms with Crippen molar-refractivity contribution in [3.8, 4) is 5.75 Å². The predicted molar refractivity (Wildman–Crippen MR) is 114 cm³/mol. The lowest BCUT2D eigenvalue weighted by atomic mass is 9.96. The minimum absolute atomic E-state index is 0.0326. The van der Waals surface area contributed by atoms with Gasteiger partial charge in [-0.05, 0) is 56.9 Å². The predicted octanol–water partition coefficient (Wildman–Crippen LogP) is 3.12. The second-order valence-corrected chi connectivity index (χ2v) is 7.56. The molecule has 1 atom stereocenters. The summed E-state index contributed by atoms with van der Waals surface area (Å²) < 4.78 is 5.43. The van der Waals surface area contributed by atoms with Crippen molar-refractivity contribution in [2.45, 2.75) is 13.0 Å². The Bertz CT molecular complexity index is 976. The van der Waals surface area contributed by atoms with Crippen LogP contribution in [0.4, 0.5) is 0 Å². The zero-order chi connectivity index (χ0) is 21.8. The van der Waals surface area contributed by atoms with E-state index < -0.39 is 17.7 Å². The molecule has 0 aliphatic carbocycles. The molecular formula is C22H24ClN3O4. The molecule has 1 aliphatic heterocycles. The zero-order valence-corrected chi connectivity index (χ0v) is 17.9. The molecular weight excluding hydrogens is 406 g/mol. The Hall–Kier alpha value is -2.90. The van der Waals surface area contributed by atoms with E-state index >= 15 is 0 Å². The van der Waals surface area contributed by atoms with E-state index in [0.29, 0.717) is 41.6 Å². The second kappa shape index (κ2) is 9.28. The van der Waals surface area contributed by atoms with Gasteiger partial charge >= 0.3 is 0 Å². The average Bonchev–Trinajstić information content (AvgIpc) is 2.98. The molecule has 2 aromatic rings. The number of benzene rings is 1. The van der Waals surface area contributed by atoms with Gasteiger partial charge in [0.15, 0.2) is 0 Å². The quantitative estimate of drug-likeness (QED) is 0.413. The van der Waals surface area contributed by atoms with Gasteiger partial charge in [0.25, 0.3) is 11.7 Å². The van der Waals surface area contributed by atoms with Crippen LogP contribution in [0.1, 0.15) is 24.1 Å². The Kier molecular flexibility index (Phi) is 6.74. The fraction of sp³-hybridized carbons (Fsp3) is 0.318. The van der Waals surface area contributed by atoms with Crippen molar-refractivity contribution < 1.29 is 19.4 Å². The highest BCUT2D eigenvalue weighted by Gasteiger charge is 2.45. The molecule has 2 heterocycles. The van der Waals surface area contributed by atoms with Crippen LogP contribution < -0.4 is 4.74 Å². The molecule has 0 unspecified atom stereocenters. The van der Waals surface area contributed by atoms with E-state index in [1.165, 1.54) is 11.0 Å². The minimum Gasteiger partial charge on any atom is -0.507 e. The smallest absolute Gasteiger partial charge is 0.295 e. The Morgan fingerprint density at radius 2 is 1.93 bits per heavy atom. The van der Waals surface area contributed by atoms with Crippen molar-refractivity contribution in [3.63, 3.8) is 0 Å². The van der Waals surface area contributed by atoms with Crippen LogP contribution in [0.3, 0.4) is 0 Å². The number of halogens is 1. The summed E-state index contributed by atoms with van der Waals surface area (Å²) in [6.45, 7) is 3.20. The van der Waals surface area contributed by atoms with Crippen LogP contribution in [0.2, 0.25) is 5.02 Å². The lowest BCUT2D eigenvalue weighted by molar-refractivity contribution is -0.140. The number of carbonyl (C=O) groups is 2. The molecule has 1 saturated heterocycles. The number of aliphatic hydroxyl groups excluding tert-OH is 1. The van der Waals surface area contributed by atoms with Crippen LogP contribution in [-0.4, -0.2) is 65.4 Å². The summed E-state index contributed by atoms with van der Waals surface area (Å²) in [4.78, 5) is 33.1. The van der Waals surface area contributed by atoms with Crippen molar-refractivity contribution >= 4 is 29.1 Å². The fourth-order valence-corrected chi connectivity index (χ4v) is 3.62. The van der Waals surface area contributed by atoms with Crippen LogP contribution in [0.25, 0.3) is 5.76 Å². The molecule has 7 nitrogen and oxygen atoms in total. The molecule has 1 aromatic heterocycles. The minimum atomic E-state index is -0.724. The molecule has 0 spiro atoms. The van der Waals surface area contributed by atoms with Gasteiger partial charge < -0.3 is 19.6 Å². The summed E-state index contributed by atoms with van der Waals surface area (Å²) in [5.74, 6) is -1.16. The third-order valence-corrected chi connectivity index (χ3v) is 5.15. The summed E-state index contributed by atoms with van der Waals surface area (Å²) in [5.41, 5.74) is 1.07. The first-order valence-corrected chi connectivity index (χ1v) is 9.98. The van der Waals surface area contributed by atoms with Gasteiger partial charge in [-0.3, -0.25) is 14.6 Å². The van der Waals surface area contributed by atoms with Crippen LogP contribution in [0.15, 0.2) is 48.3 Å². The molecule has 1 aromatic carbocycles. The number of hydrogen-bond donors (Lipinski definition) is 1. The average molecular weight is 430 g/mol. The summed E-state index contributed by atoms with van der Waals surface area (Å²) in [5, 5.41) is 11.3. The standard InChI is InChI=1S/C22H24ClN3O4/c1-4-30-17-6-5-15(13-16(17)23)20(27)18-19(14-7-9-24-10-8-14)26(12-11-25(2)3)22(29)21(18)28/h5-10,13,19,27H,4,11-12H2,1-3H3/t19-/m1/s1. The molecule has 8 heteroatoms. The maximum atomic E-state index is 12.9. The third-order valence-electron chi connectivity index (χ3n) is 4.86. The van der Waals surface area contributed by atoms with Crippen LogP contribution >= 0.6 is 11.6 Å². The number of pyridine rings is 1. The number of amides is 1. The highest BCUT2D eigenvalue weighted by Crippen LogP contribution is 2.40. The first kappa shape index (κ1) is 21.8. The van der Waals surface area contributed by atoms with E-state index in [9.17, 15) is 14.7 Å². The van der Waals surface area contributed by atoms with Crippen LogP contribution in [0, 0.1) is 0 Å². The largest absolute Gasteiger partial charge is 0.507 e. The summed E-state index contributed by atoms with van der Waals surface area (Å²) >= 11 is 6.26. The van der Waals surface area contributed by atoms with Crippen molar-refractivity contribution in [2.24, 2.45) is 0 Å². The topological polar surface area (TPSA) is 83.0 Å². The number of likely N-dealkylation sites (N-methyl/N-ethyl adjacent to an activating group) is 1. The maximum absolute atomic E-state index is 12.9. The van der Waals surface area contributed by atoms with E-state index in [2.05, 4.69) is 4.98 Å². The van der Waals surface area contributed by atoms with Crippen molar-refractivity contribution in [1.29, 1.82) is 0 Å². The van der Waals surface area contributed by atoms with Gasteiger partial charge in [0.2, 0.25) is 0 Å². The van der Waals surface area contributed by atoms with E-state index in [0.717, 1.165) is 0 Å². The number of nitrogens with zero attached hydrogens (tertiary/aromatic N) is 3. The van der Waals surface area contributed by atoms with E-state index in [1.54, 1.807) is 36.7 Å². The number of carbonyl (C=O) groups excluding carboxylic acids is 2. The molecule has 3 rings (SSSR count). The molecule has 30 heavy (non-hydrogen) atoms. The molecule has 0 radical (unpaired) electrons. The molecule has 0 bridgehead atoms. The Balaban J connectivity index is 2.10. The monoisotopic (exact) mass is 429 g/mol. The number of Topliss-reactive ketones (excluding diaryl/α,β-unsaturated/α-hetero) is 1. The van der Waals surface area contributed by atoms with Crippen molar-refractivity contribution in [1.82, 2.24) is 14.8 Å². The fourth-order valence-electron chi connectivity index (χ4n) is 3.39. The molecule has 1 aliphatic rings. The number of aromatic nitrogens is 1. The van der Waals surface area contributed by atoms with Gasteiger partial charge in [-0.25, -0.2) is 0 Å². The van der Waals surface area contributed by atoms with Crippen molar-refractivity contribution in [3.05, 3.63) is 64.4 Å². The highest BCUT2D eigenvalue weighted by molar-refractivity contribution is 6.46. The van der Waals surface area contributed by atoms with Gasteiger partial charge in [0.05, 0.1) is 23.2 Å². The summed E-state index contributed by atoms with van der Waals surface area (Å²) in [6, 6.07) is 7.53. The number of hydrogen-bond acceptors (Lipinski definition) is 6. The van der Waals surface area contributed by atoms with Crippen molar-refractivity contribution in [2.75, 3.05) is 33.8 Å². The SMILES string of the molecule is CCOc1ccc(C(O)=C2C(=O)C(=O)N(CCN(C)C)[C@@H]2c2ccncc2)cc1Cl. The molecule has 158 valence electrons. The van der Waals surface area contributed by atoms with Gasteiger partial charge in [0.1, 0.15) is 11.5 Å². The van der Waals surface area contributed by atoms with E-state index in [-0.39, 0.29) is 11.3 Å². The van der Waals surface area contributed by atoms with Crippen LogP contribution in [0.5, 0.6) is 5.75 Å². The Morgan fingerprint density at radius 3 is 2.53 bits per heavy atom. The van der Waals surface area contributed by atoms with Gasteiger partial charge in [-0.1, -0.05) is 11.6 Å². The second-order valence-electron chi connectivity index (χ2n) is 7.15. The molecule has 1 fully saturated rings. The van der Waals surface area contributed by atoms with Crippen LogP contribution in [-0.2, 0) is 9.59 Å². The number of ether oxygens (including phenoxy) is 1. The Morgan fingerprint density at radius 1 is 1.23 bits per heavy atom. The third kappa shape index (κ3) is 4.32. The first-order chi connectivity index (χ1) is 14.3. The normalized spacial score (nSPS) is 18.3. The zero-order valence-electron chi connectivity index (χ0n) is 17.1. The number of ketones is 1. The van der Waals surface area contributed by atoms with Gasteiger partial charge in [-0.2, -0.15) is 0 Å².